The quantitative estimate of drug-likeness (QED) is 0.808. The predicted molar refractivity (Wildman–Crippen MR) is 66.7 cm³/mol. The van der Waals surface area contributed by atoms with Crippen LogP contribution in [-0.4, -0.2) is 16.3 Å². The second-order valence-corrected chi connectivity index (χ2v) is 3.80. The minimum absolute atomic E-state index is 0.550. The fourth-order valence-electron chi connectivity index (χ4n) is 1.51. The zero-order valence-corrected chi connectivity index (χ0v) is 9.69. The Bertz CT molecular complexity index is 426. The molecule has 0 spiro atoms. The Kier molecular flexibility index (Phi) is 3.83. The van der Waals surface area contributed by atoms with Crippen LogP contribution in [0.15, 0.2) is 42.7 Å². The molecule has 2 rings (SSSR count). The van der Waals surface area contributed by atoms with Crippen molar-refractivity contribution in [2.24, 2.45) is 0 Å². The number of aromatic nitrogens is 2. The molecule has 0 atom stereocenters. The number of hydrogen-bond acceptors (Lipinski definition) is 2. The smallest absolute Gasteiger partial charge is 0.0582 e. The molecule has 0 saturated carbocycles. The first-order valence-electron chi connectivity index (χ1n) is 5.25. The summed E-state index contributed by atoms with van der Waals surface area (Å²) in [6, 6.07) is 10.1. The monoisotopic (exact) mass is 235 g/mol. The molecule has 3 nitrogen and oxygen atoms in total. The van der Waals surface area contributed by atoms with E-state index in [4.69, 9.17) is 11.6 Å². The van der Waals surface area contributed by atoms with Crippen LogP contribution in [0.2, 0.25) is 0 Å². The second kappa shape index (κ2) is 5.56. The summed E-state index contributed by atoms with van der Waals surface area (Å²) in [5, 5.41) is 7.47. The van der Waals surface area contributed by atoms with E-state index in [9.17, 15) is 0 Å². The standard InChI is InChI=1S/C12H14ClN3/c13-10-11-3-1-4-12(9-11)14-6-8-16-7-2-5-15-16/h1-5,7,9,14H,6,8,10H2. The van der Waals surface area contributed by atoms with Crippen molar-refractivity contribution in [1.29, 1.82) is 0 Å². The summed E-state index contributed by atoms with van der Waals surface area (Å²) < 4.78 is 1.90. The number of anilines is 1. The summed E-state index contributed by atoms with van der Waals surface area (Å²) in [6.07, 6.45) is 3.74. The van der Waals surface area contributed by atoms with Gasteiger partial charge in [0.2, 0.25) is 0 Å². The number of nitrogens with zero attached hydrogens (tertiary/aromatic N) is 2. The average molecular weight is 236 g/mol. The molecule has 0 aliphatic heterocycles. The van der Waals surface area contributed by atoms with E-state index >= 15 is 0 Å². The number of rotatable bonds is 5. The van der Waals surface area contributed by atoms with Crippen LogP contribution in [0.1, 0.15) is 5.56 Å². The van der Waals surface area contributed by atoms with Crippen molar-refractivity contribution in [3.05, 3.63) is 48.3 Å². The number of halogens is 1. The molecular formula is C12H14ClN3. The Morgan fingerprint density at radius 1 is 1.31 bits per heavy atom. The van der Waals surface area contributed by atoms with Crippen LogP contribution in [0.25, 0.3) is 0 Å². The average Bonchev–Trinajstić information content (AvgIpc) is 2.82. The summed E-state index contributed by atoms with van der Waals surface area (Å²) in [7, 11) is 0. The first-order valence-corrected chi connectivity index (χ1v) is 5.78. The molecular weight excluding hydrogens is 222 g/mol. The Balaban J connectivity index is 1.85. The largest absolute Gasteiger partial charge is 0.383 e. The van der Waals surface area contributed by atoms with Crippen LogP contribution in [0, 0.1) is 0 Å². The van der Waals surface area contributed by atoms with E-state index in [0.717, 1.165) is 24.3 Å². The fourth-order valence-corrected chi connectivity index (χ4v) is 1.68. The summed E-state index contributed by atoms with van der Waals surface area (Å²) in [5.41, 5.74) is 2.23. The molecule has 0 bridgehead atoms. The highest BCUT2D eigenvalue weighted by Crippen LogP contribution is 2.11. The first kappa shape index (κ1) is 11.0. The normalized spacial score (nSPS) is 10.3. The van der Waals surface area contributed by atoms with Crippen LogP contribution in [0.5, 0.6) is 0 Å². The first-order chi connectivity index (χ1) is 7.88. The SMILES string of the molecule is ClCc1cccc(NCCn2cccn2)c1. The molecule has 1 aromatic heterocycles. The van der Waals surface area contributed by atoms with Crippen molar-refractivity contribution < 1.29 is 0 Å². The molecule has 0 aliphatic rings. The summed E-state index contributed by atoms with van der Waals surface area (Å²) in [4.78, 5) is 0. The van der Waals surface area contributed by atoms with Gasteiger partial charge in [0.05, 0.1) is 6.54 Å². The maximum absolute atomic E-state index is 5.77. The minimum Gasteiger partial charge on any atom is -0.383 e. The van der Waals surface area contributed by atoms with Gasteiger partial charge in [-0.15, -0.1) is 11.6 Å². The topological polar surface area (TPSA) is 29.9 Å². The molecule has 0 aliphatic carbocycles. The Labute approximate surface area is 100 Å². The van der Waals surface area contributed by atoms with Crippen molar-refractivity contribution in [2.45, 2.75) is 12.4 Å². The van der Waals surface area contributed by atoms with Gasteiger partial charge in [0, 0.05) is 30.5 Å². The highest BCUT2D eigenvalue weighted by Gasteiger charge is 1.95. The Hall–Kier alpha value is -1.48. The Morgan fingerprint density at radius 2 is 2.25 bits per heavy atom. The highest BCUT2D eigenvalue weighted by atomic mass is 35.5. The molecule has 0 radical (unpaired) electrons. The molecule has 0 unspecified atom stereocenters. The van der Waals surface area contributed by atoms with E-state index in [-0.39, 0.29) is 0 Å². The summed E-state index contributed by atoms with van der Waals surface area (Å²) in [5.74, 6) is 0.550. The lowest BCUT2D eigenvalue weighted by atomic mass is 10.2. The van der Waals surface area contributed by atoms with Gasteiger partial charge < -0.3 is 5.32 Å². The molecule has 1 aromatic carbocycles. The van der Waals surface area contributed by atoms with Crippen molar-refractivity contribution in [1.82, 2.24) is 9.78 Å². The molecule has 0 amide bonds. The molecule has 4 heteroatoms. The molecule has 0 saturated heterocycles. The summed E-state index contributed by atoms with van der Waals surface area (Å²) in [6.45, 7) is 1.71. The van der Waals surface area contributed by atoms with Gasteiger partial charge in [-0.2, -0.15) is 5.10 Å². The number of benzene rings is 1. The zero-order chi connectivity index (χ0) is 11.2. The van der Waals surface area contributed by atoms with Crippen LogP contribution in [0.3, 0.4) is 0 Å². The van der Waals surface area contributed by atoms with Gasteiger partial charge in [-0.25, -0.2) is 0 Å². The van der Waals surface area contributed by atoms with Gasteiger partial charge in [0.15, 0.2) is 0 Å². The van der Waals surface area contributed by atoms with Gasteiger partial charge in [-0.1, -0.05) is 12.1 Å². The zero-order valence-electron chi connectivity index (χ0n) is 8.94. The number of hydrogen-bond donors (Lipinski definition) is 1. The van der Waals surface area contributed by atoms with E-state index in [0.29, 0.717) is 5.88 Å². The predicted octanol–water partition coefficient (Wildman–Crippen LogP) is 2.73. The number of nitrogens with one attached hydrogen (secondary N) is 1. The second-order valence-electron chi connectivity index (χ2n) is 3.53. The lowest BCUT2D eigenvalue weighted by Gasteiger charge is -2.07. The molecule has 16 heavy (non-hydrogen) atoms. The molecule has 1 heterocycles. The van der Waals surface area contributed by atoms with Crippen molar-refractivity contribution in [2.75, 3.05) is 11.9 Å². The third kappa shape index (κ3) is 3.00. The molecule has 84 valence electrons. The van der Waals surface area contributed by atoms with Gasteiger partial charge in [-0.05, 0) is 23.8 Å². The third-order valence-corrected chi connectivity index (χ3v) is 2.62. The molecule has 2 aromatic rings. The molecule has 0 fully saturated rings. The van der Waals surface area contributed by atoms with E-state index in [1.165, 1.54) is 0 Å². The lowest BCUT2D eigenvalue weighted by molar-refractivity contribution is 0.638. The van der Waals surface area contributed by atoms with Crippen molar-refractivity contribution >= 4 is 17.3 Å². The maximum Gasteiger partial charge on any atom is 0.0582 e. The fraction of sp³-hybridized carbons (Fsp3) is 0.250. The van der Waals surface area contributed by atoms with Gasteiger partial charge >= 0.3 is 0 Å². The van der Waals surface area contributed by atoms with Crippen LogP contribution in [0.4, 0.5) is 5.69 Å². The third-order valence-electron chi connectivity index (χ3n) is 2.31. The van der Waals surface area contributed by atoms with Crippen molar-refractivity contribution in [3.8, 4) is 0 Å². The van der Waals surface area contributed by atoms with Gasteiger partial charge in [0.1, 0.15) is 0 Å². The van der Waals surface area contributed by atoms with Gasteiger partial charge in [-0.3, -0.25) is 4.68 Å². The van der Waals surface area contributed by atoms with E-state index in [1.54, 1.807) is 6.20 Å². The lowest BCUT2D eigenvalue weighted by Crippen LogP contribution is -2.10. The van der Waals surface area contributed by atoms with E-state index < -0.39 is 0 Å². The van der Waals surface area contributed by atoms with Crippen molar-refractivity contribution in [3.63, 3.8) is 0 Å². The highest BCUT2D eigenvalue weighted by molar-refractivity contribution is 6.17. The maximum atomic E-state index is 5.77. The van der Waals surface area contributed by atoms with E-state index in [2.05, 4.69) is 16.5 Å². The Morgan fingerprint density at radius 3 is 3.00 bits per heavy atom. The summed E-state index contributed by atoms with van der Waals surface area (Å²) >= 11 is 5.77. The molecule has 1 N–H and O–H groups in total. The van der Waals surface area contributed by atoms with Crippen LogP contribution >= 0.6 is 11.6 Å². The van der Waals surface area contributed by atoms with E-state index in [1.807, 2.05) is 35.1 Å². The number of alkyl halides is 1. The van der Waals surface area contributed by atoms with Crippen LogP contribution in [-0.2, 0) is 12.4 Å². The minimum atomic E-state index is 0.550. The van der Waals surface area contributed by atoms with Gasteiger partial charge in [0.25, 0.3) is 0 Å². The van der Waals surface area contributed by atoms with Crippen LogP contribution < -0.4 is 5.32 Å².